The number of fused-ring (bicyclic) bond motifs is 1. The Bertz CT molecular complexity index is 1210. The van der Waals surface area contributed by atoms with Crippen LogP contribution in [0.5, 0.6) is 0 Å². The number of rotatable bonds is 6. The largest absolute Gasteiger partial charge is 0.291 e. The molecule has 2 heterocycles. The standard InChI is InChI=1S/C16H13ClF3N5O2S2/c1-7-21-11-9(12(22-7)14-23-24-15(28-14)13(19)20)4-8(5-10(11)17)29(26,27)25-16(6-18)2-3-16/h4-5,13,25H,2-3,6H2,1H3. The maximum atomic E-state index is 13.2. The molecule has 0 atom stereocenters. The van der Waals surface area contributed by atoms with Crippen LogP contribution in [-0.2, 0) is 10.0 Å². The Morgan fingerprint density at radius 1 is 1.28 bits per heavy atom. The van der Waals surface area contributed by atoms with E-state index in [9.17, 15) is 21.6 Å². The number of benzene rings is 1. The van der Waals surface area contributed by atoms with E-state index in [0.717, 1.165) is 0 Å². The van der Waals surface area contributed by atoms with Crippen LogP contribution in [0.2, 0.25) is 5.02 Å². The van der Waals surface area contributed by atoms with E-state index < -0.39 is 33.7 Å². The molecule has 1 aromatic carbocycles. The number of nitrogens with one attached hydrogen (secondary N) is 1. The summed E-state index contributed by atoms with van der Waals surface area (Å²) in [6, 6.07) is 2.48. The first kappa shape index (κ1) is 20.4. The molecule has 1 saturated carbocycles. The second-order valence-electron chi connectivity index (χ2n) is 6.69. The van der Waals surface area contributed by atoms with Gasteiger partial charge in [-0.3, -0.25) is 0 Å². The molecule has 1 fully saturated rings. The van der Waals surface area contributed by atoms with Crippen molar-refractivity contribution in [2.45, 2.75) is 36.6 Å². The first-order valence-electron chi connectivity index (χ1n) is 8.34. The van der Waals surface area contributed by atoms with Crippen molar-refractivity contribution >= 4 is 43.9 Å². The quantitative estimate of drug-likeness (QED) is 0.596. The summed E-state index contributed by atoms with van der Waals surface area (Å²) in [5.74, 6) is 0.297. The van der Waals surface area contributed by atoms with Crippen molar-refractivity contribution in [3.8, 4) is 10.7 Å². The average Bonchev–Trinajstić information content (AvgIpc) is 3.24. The van der Waals surface area contributed by atoms with Crippen LogP contribution >= 0.6 is 22.9 Å². The highest BCUT2D eigenvalue weighted by atomic mass is 35.5. The molecule has 1 aliphatic carbocycles. The van der Waals surface area contributed by atoms with E-state index in [-0.39, 0.29) is 31.5 Å². The molecule has 0 unspecified atom stereocenters. The first-order chi connectivity index (χ1) is 13.6. The molecule has 0 radical (unpaired) electrons. The Morgan fingerprint density at radius 2 is 2.00 bits per heavy atom. The average molecular weight is 464 g/mol. The van der Waals surface area contributed by atoms with Crippen molar-refractivity contribution in [3.63, 3.8) is 0 Å². The molecule has 1 N–H and O–H groups in total. The number of hydrogen-bond acceptors (Lipinski definition) is 7. The Hall–Kier alpha value is -1.89. The number of hydrogen-bond donors (Lipinski definition) is 1. The van der Waals surface area contributed by atoms with Gasteiger partial charge in [-0.25, -0.2) is 36.3 Å². The van der Waals surface area contributed by atoms with Gasteiger partial charge in [0.15, 0.2) is 10.0 Å². The molecular weight excluding hydrogens is 451 g/mol. The number of nitrogens with zero attached hydrogens (tertiary/aromatic N) is 4. The highest BCUT2D eigenvalue weighted by Crippen LogP contribution is 2.39. The van der Waals surface area contributed by atoms with Gasteiger partial charge in [0, 0.05) is 5.39 Å². The number of sulfonamides is 1. The fourth-order valence-corrected chi connectivity index (χ4v) is 5.29. The molecule has 4 rings (SSSR count). The lowest BCUT2D eigenvalue weighted by Gasteiger charge is -2.15. The Kier molecular flexibility index (Phi) is 5.00. The van der Waals surface area contributed by atoms with Gasteiger partial charge in [0.1, 0.15) is 18.2 Å². The molecule has 0 amide bonds. The minimum atomic E-state index is -4.08. The Labute approximate surface area is 172 Å². The second-order valence-corrected chi connectivity index (χ2v) is 9.79. The van der Waals surface area contributed by atoms with E-state index in [4.69, 9.17) is 11.6 Å². The van der Waals surface area contributed by atoms with Gasteiger partial charge >= 0.3 is 0 Å². The lowest BCUT2D eigenvalue weighted by atomic mass is 10.2. The van der Waals surface area contributed by atoms with Crippen molar-refractivity contribution in [3.05, 3.63) is 28.0 Å². The fourth-order valence-electron chi connectivity index (χ4n) is 2.77. The van der Waals surface area contributed by atoms with Gasteiger partial charge in [-0.2, -0.15) is 0 Å². The monoisotopic (exact) mass is 463 g/mol. The zero-order chi connectivity index (χ0) is 21.0. The summed E-state index contributed by atoms with van der Waals surface area (Å²) in [7, 11) is -4.08. The third kappa shape index (κ3) is 3.81. The van der Waals surface area contributed by atoms with Crippen LogP contribution in [0.4, 0.5) is 13.2 Å². The predicted octanol–water partition coefficient (Wildman–Crippen LogP) is 3.83. The lowest BCUT2D eigenvalue weighted by Crippen LogP contribution is -2.38. The van der Waals surface area contributed by atoms with E-state index in [1.807, 2.05) is 0 Å². The van der Waals surface area contributed by atoms with E-state index in [1.54, 1.807) is 6.92 Å². The molecule has 29 heavy (non-hydrogen) atoms. The molecule has 1 aliphatic rings. The molecule has 3 aromatic rings. The third-order valence-electron chi connectivity index (χ3n) is 4.44. The molecule has 154 valence electrons. The maximum Gasteiger partial charge on any atom is 0.291 e. The minimum Gasteiger partial charge on any atom is -0.249 e. The molecule has 7 nitrogen and oxygen atoms in total. The summed E-state index contributed by atoms with van der Waals surface area (Å²) >= 11 is 6.91. The number of alkyl halides is 3. The molecule has 13 heteroatoms. The Balaban J connectivity index is 1.88. The zero-order valence-corrected chi connectivity index (χ0v) is 17.2. The van der Waals surface area contributed by atoms with Crippen molar-refractivity contribution in [2.24, 2.45) is 0 Å². The SMILES string of the molecule is Cc1nc(-c2nnc(C(F)F)s2)c2cc(S(=O)(=O)NC3(CF)CC3)cc(Cl)c2n1. The maximum absolute atomic E-state index is 13.2. The van der Waals surface area contributed by atoms with Gasteiger partial charge in [-0.15, -0.1) is 10.2 Å². The topological polar surface area (TPSA) is 97.7 Å². The predicted molar refractivity (Wildman–Crippen MR) is 101 cm³/mol. The van der Waals surface area contributed by atoms with Crippen LogP contribution in [0.25, 0.3) is 21.6 Å². The molecular formula is C16H13ClF3N5O2S2. The van der Waals surface area contributed by atoms with Crippen LogP contribution in [-0.4, -0.2) is 40.8 Å². The van der Waals surface area contributed by atoms with Crippen molar-refractivity contribution in [2.75, 3.05) is 6.67 Å². The Morgan fingerprint density at radius 3 is 2.59 bits per heavy atom. The molecule has 0 saturated heterocycles. The van der Waals surface area contributed by atoms with Crippen LogP contribution in [0.15, 0.2) is 17.0 Å². The van der Waals surface area contributed by atoms with Crippen molar-refractivity contribution in [1.82, 2.24) is 24.9 Å². The van der Waals surface area contributed by atoms with Crippen molar-refractivity contribution < 1.29 is 21.6 Å². The van der Waals surface area contributed by atoms with E-state index in [2.05, 4.69) is 24.9 Å². The summed E-state index contributed by atoms with van der Waals surface area (Å²) < 4.78 is 66.8. The van der Waals surface area contributed by atoms with Gasteiger partial charge in [-0.05, 0) is 31.9 Å². The smallest absolute Gasteiger partial charge is 0.249 e. The van der Waals surface area contributed by atoms with Crippen LogP contribution < -0.4 is 4.72 Å². The van der Waals surface area contributed by atoms with Gasteiger partial charge in [0.25, 0.3) is 6.43 Å². The summed E-state index contributed by atoms with van der Waals surface area (Å²) in [5.41, 5.74) is -0.700. The fraction of sp³-hybridized carbons (Fsp3) is 0.375. The molecule has 2 aromatic heterocycles. The highest BCUT2D eigenvalue weighted by molar-refractivity contribution is 7.89. The third-order valence-corrected chi connectivity index (χ3v) is 7.22. The first-order valence-corrected chi connectivity index (χ1v) is 11.0. The van der Waals surface area contributed by atoms with E-state index >= 15 is 0 Å². The highest BCUT2D eigenvalue weighted by Gasteiger charge is 2.46. The van der Waals surface area contributed by atoms with Gasteiger partial charge in [-0.1, -0.05) is 22.9 Å². The normalized spacial score (nSPS) is 15.9. The summed E-state index contributed by atoms with van der Waals surface area (Å²) in [6.07, 6.45) is -1.99. The van der Waals surface area contributed by atoms with Crippen LogP contribution in [0.1, 0.15) is 30.1 Å². The summed E-state index contributed by atoms with van der Waals surface area (Å²) in [5, 5.41) is 7.02. The van der Waals surface area contributed by atoms with E-state index in [1.165, 1.54) is 12.1 Å². The zero-order valence-electron chi connectivity index (χ0n) is 14.8. The molecule has 0 bridgehead atoms. The summed E-state index contributed by atoms with van der Waals surface area (Å²) in [6.45, 7) is 0.765. The van der Waals surface area contributed by atoms with Gasteiger partial charge in [0.2, 0.25) is 10.0 Å². The van der Waals surface area contributed by atoms with Crippen LogP contribution in [0, 0.1) is 6.92 Å². The van der Waals surface area contributed by atoms with Crippen molar-refractivity contribution in [1.29, 1.82) is 0 Å². The molecule has 0 spiro atoms. The van der Waals surface area contributed by atoms with E-state index in [0.29, 0.717) is 30.0 Å². The molecule has 0 aliphatic heterocycles. The second kappa shape index (κ2) is 7.11. The number of aryl methyl sites for hydroxylation is 1. The number of halogens is 4. The van der Waals surface area contributed by atoms with Crippen LogP contribution in [0.3, 0.4) is 0 Å². The lowest BCUT2D eigenvalue weighted by molar-refractivity contribution is 0.150. The minimum absolute atomic E-state index is 0.0262. The summed E-state index contributed by atoms with van der Waals surface area (Å²) in [4.78, 5) is 8.24. The van der Waals surface area contributed by atoms with Gasteiger partial charge in [0.05, 0.1) is 21.0 Å². The number of aromatic nitrogens is 4. The van der Waals surface area contributed by atoms with Gasteiger partial charge < -0.3 is 0 Å².